The molecule has 1 aliphatic heterocycles. The lowest BCUT2D eigenvalue weighted by Gasteiger charge is -2.33. The van der Waals surface area contributed by atoms with Gasteiger partial charge in [-0.1, -0.05) is 19.9 Å². The fourth-order valence-corrected chi connectivity index (χ4v) is 2.55. The molecule has 1 N–H and O–H groups in total. The van der Waals surface area contributed by atoms with Gasteiger partial charge in [0.1, 0.15) is 5.75 Å². The highest BCUT2D eigenvalue weighted by Gasteiger charge is 2.17. The molecule has 100 valence electrons. The van der Waals surface area contributed by atoms with Crippen LogP contribution in [0.15, 0.2) is 24.3 Å². The van der Waals surface area contributed by atoms with Gasteiger partial charge in [-0.2, -0.15) is 0 Å². The Morgan fingerprint density at radius 3 is 2.44 bits per heavy atom. The van der Waals surface area contributed by atoms with E-state index in [1.165, 1.54) is 5.69 Å². The van der Waals surface area contributed by atoms with Gasteiger partial charge in [-0.15, -0.1) is 0 Å². The molecule has 0 aliphatic carbocycles. The molecule has 3 heteroatoms. The Balaban J connectivity index is 2.16. The Kier molecular flexibility index (Phi) is 4.48. The van der Waals surface area contributed by atoms with E-state index in [1.54, 1.807) is 7.11 Å². The number of hydrogen-bond acceptors (Lipinski definition) is 3. The smallest absolute Gasteiger partial charge is 0.120 e. The second-order valence-corrected chi connectivity index (χ2v) is 5.48. The molecule has 0 radical (unpaired) electrons. The Morgan fingerprint density at radius 2 is 1.83 bits per heavy atom. The molecule has 3 nitrogen and oxygen atoms in total. The van der Waals surface area contributed by atoms with Crippen molar-refractivity contribution in [3.8, 4) is 5.75 Å². The Hall–Kier alpha value is -1.22. The Morgan fingerprint density at radius 1 is 1.17 bits per heavy atom. The van der Waals surface area contributed by atoms with E-state index in [2.05, 4.69) is 42.3 Å². The van der Waals surface area contributed by atoms with Crippen LogP contribution in [0.5, 0.6) is 5.75 Å². The summed E-state index contributed by atoms with van der Waals surface area (Å²) in [6.07, 6.45) is 0. The summed E-state index contributed by atoms with van der Waals surface area (Å²) in [6, 6.07) is 8.38. The van der Waals surface area contributed by atoms with Gasteiger partial charge in [0.15, 0.2) is 0 Å². The standard InChI is InChI=1S/C15H24N2O/c1-12-8-16-9-13(2)11-17(10-12)14-5-4-6-15(7-14)18-3/h4-7,12-13,16H,8-11H2,1-3H3. The zero-order chi connectivity index (χ0) is 13.0. The Bertz CT molecular complexity index is 369. The molecule has 1 heterocycles. The summed E-state index contributed by atoms with van der Waals surface area (Å²) in [4.78, 5) is 2.48. The second-order valence-electron chi connectivity index (χ2n) is 5.48. The molecule has 1 aromatic carbocycles. The van der Waals surface area contributed by atoms with Gasteiger partial charge in [0.2, 0.25) is 0 Å². The number of anilines is 1. The van der Waals surface area contributed by atoms with Crippen LogP contribution in [0.25, 0.3) is 0 Å². The average Bonchev–Trinajstić information content (AvgIpc) is 2.36. The molecule has 1 aliphatic rings. The van der Waals surface area contributed by atoms with Crippen molar-refractivity contribution in [2.45, 2.75) is 13.8 Å². The Labute approximate surface area is 110 Å². The zero-order valence-corrected chi connectivity index (χ0v) is 11.6. The highest BCUT2D eigenvalue weighted by atomic mass is 16.5. The molecule has 18 heavy (non-hydrogen) atoms. The summed E-state index contributed by atoms with van der Waals surface area (Å²) < 4.78 is 5.32. The van der Waals surface area contributed by atoms with Crippen LogP contribution in [-0.2, 0) is 0 Å². The van der Waals surface area contributed by atoms with Crippen LogP contribution in [-0.4, -0.2) is 33.3 Å². The van der Waals surface area contributed by atoms with Gasteiger partial charge < -0.3 is 15.0 Å². The maximum Gasteiger partial charge on any atom is 0.120 e. The predicted octanol–water partition coefficient (Wildman–Crippen LogP) is 2.38. The number of ether oxygens (including phenoxy) is 1. The van der Waals surface area contributed by atoms with Gasteiger partial charge in [-0.25, -0.2) is 0 Å². The quantitative estimate of drug-likeness (QED) is 0.869. The third-order valence-electron chi connectivity index (χ3n) is 3.47. The SMILES string of the molecule is COc1cccc(N2CC(C)CNCC(C)C2)c1. The fraction of sp³-hybridized carbons (Fsp3) is 0.600. The summed E-state index contributed by atoms with van der Waals surface area (Å²) in [5, 5.41) is 3.53. The summed E-state index contributed by atoms with van der Waals surface area (Å²) in [5.74, 6) is 2.28. The number of nitrogens with zero attached hydrogens (tertiary/aromatic N) is 1. The highest BCUT2D eigenvalue weighted by molar-refractivity contribution is 5.50. The van der Waals surface area contributed by atoms with E-state index in [4.69, 9.17) is 4.74 Å². The summed E-state index contributed by atoms with van der Waals surface area (Å²) in [5.41, 5.74) is 1.27. The van der Waals surface area contributed by atoms with Crippen LogP contribution in [0.3, 0.4) is 0 Å². The number of nitrogens with one attached hydrogen (secondary N) is 1. The first kappa shape index (κ1) is 13.2. The normalized spacial score (nSPS) is 25.4. The molecule has 2 unspecified atom stereocenters. The lowest BCUT2D eigenvalue weighted by Crippen LogP contribution is -2.42. The predicted molar refractivity (Wildman–Crippen MR) is 76.4 cm³/mol. The minimum Gasteiger partial charge on any atom is -0.497 e. The van der Waals surface area contributed by atoms with Crippen LogP contribution in [0.1, 0.15) is 13.8 Å². The molecular formula is C15H24N2O. The van der Waals surface area contributed by atoms with E-state index < -0.39 is 0 Å². The van der Waals surface area contributed by atoms with Crippen LogP contribution in [0.4, 0.5) is 5.69 Å². The van der Waals surface area contributed by atoms with Crippen molar-refractivity contribution in [2.75, 3.05) is 38.2 Å². The third kappa shape index (κ3) is 3.39. The van der Waals surface area contributed by atoms with Crippen molar-refractivity contribution in [3.05, 3.63) is 24.3 Å². The molecule has 0 aromatic heterocycles. The maximum absolute atomic E-state index is 5.32. The van der Waals surface area contributed by atoms with Gasteiger partial charge in [0, 0.05) is 24.8 Å². The minimum atomic E-state index is 0.670. The lowest BCUT2D eigenvalue weighted by molar-refractivity contribution is 0.406. The molecule has 1 fully saturated rings. The van der Waals surface area contributed by atoms with Crippen LogP contribution in [0, 0.1) is 11.8 Å². The van der Waals surface area contributed by atoms with E-state index in [9.17, 15) is 0 Å². The van der Waals surface area contributed by atoms with Crippen LogP contribution >= 0.6 is 0 Å². The largest absolute Gasteiger partial charge is 0.497 e. The van der Waals surface area contributed by atoms with Gasteiger partial charge in [-0.05, 0) is 37.1 Å². The summed E-state index contributed by atoms with van der Waals surface area (Å²) in [7, 11) is 1.72. The van der Waals surface area contributed by atoms with Crippen molar-refractivity contribution in [1.29, 1.82) is 0 Å². The number of methoxy groups -OCH3 is 1. The maximum atomic E-state index is 5.32. The minimum absolute atomic E-state index is 0.670. The monoisotopic (exact) mass is 248 g/mol. The second kappa shape index (κ2) is 6.10. The number of rotatable bonds is 2. The number of benzene rings is 1. The van der Waals surface area contributed by atoms with Crippen molar-refractivity contribution in [3.63, 3.8) is 0 Å². The fourth-order valence-electron chi connectivity index (χ4n) is 2.55. The first-order valence-corrected chi connectivity index (χ1v) is 6.78. The van der Waals surface area contributed by atoms with E-state index in [1.807, 2.05) is 6.07 Å². The zero-order valence-electron chi connectivity index (χ0n) is 11.6. The third-order valence-corrected chi connectivity index (χ3v) is 3.47. The first-order valence-electron chi connectivity index (χ1n) is 6.78. The molecule has 1 saturated heterocycles. The van der Waals surface area contributed by atoms with Gasteiger partial charge in [-0.3, -0.25) is 0 Å². The molecule has 2 rings (SSSR count). The van der Waals surface area contributed by atoms with Gasteiger partial charge in [0.05, 0.1) is 7.11 Å². The van der Waals surface area contributed by atoms with E-state index in [0.717, 1.165) is 31.9 Å². The molecular weight excluding hydrogens is 224 g/mol. The molecule has 0 spiro atoms. The molecule has 0 saturated carbocycles. The number of hydrogen-bond donors (Lipinski definition) is 1. The molecule has 0 amide bonds. The van der Waals surface area contributed by atoms with Crippen molar-refractivity contribution >= 4 is 5.69 Å². The van der Waals surface area contributed by atoms with E-state index >= 15 is 0 Å². The highest BCUT2D eigenvalue weighted by Crippen LogP contribution is 2.23. The van der Waals surface area contributed by atoms with E-state index in [-0.39, 0.29) is 0 Å². The topological polar surface area (TPSA) is 24.5 Å². The van der Waals surface area contributed by atoms with E-state index in [0.29, 0.717) is 11.8 Å². The summed E-state index contributed by atoms with van der Waals surface area (Å²) >= 11 is 0. The van der Waals surface area contributed by atoms with Crippen molar-refractivity contribution in [1.82, 2.24) is 5.32 Å². The summed E-state index contributed by atoms with van der Waals surface area (Å²) in [6.45, 7) is 9.01. The lowest BCUT2D eigenvalue weighted by atomic mass is 10.0. The van der Waals surface area contributed by atoms with Gasteiger partial charge >= 0.3 is 0 Å². The average molecular weight is 248 g/mol. The molecule has 2 atom stereocenters. The van der Waals surface area contributed by atoms with Gasteiger partial charge in [0.25, 0.3) is 0 Å². The van der Waals surface area contributed by atoms with Crippen LogP contribution in [0.2, 0.25) is 0 Å². The van der Waals surface area contributed by atoms with Crippen LogP contribution < -0.4 is 15.0 Å². The molecule has 1 aromatic rings. The first-order chi connectivity index (χ1) is 8.69. The van der Waals surface area contributed by atoms with Crippen molar-refractivity contribution < 1.29 is 4.74 Å². The molecule has 0 bridgehead atoms. The van der Waals surface area contributed by atoms with Crippen molar-refractivity contribution in [2.24, 2.45) is 11.8 Å².